The zero-order chi connectivity index (χ0) is 22.0. The van der Waals surface area contributed by atoms with Gasteiger partial charge in [-0.2, -0.15) is 0 Å². The summed E-state index contributed by atoms with van der Waals surface area (Å²) < 4.78 is 3.36. The molecule has 0 saturated carbocycles. The summed E-state index contributed by atoms with van der Waals surface area (Å²) in [6.07, 6.45) is 4.86. The first kappa shape index (κ1) is 18.7. The van der Waals surface area contributed by atoms with E-state index in [1.54, 1.807) is 22.4 Å². The fourth-order valence-electron chi connectivity index (χ4n) is 4.64. The minimum atomic E-state index is -0.138. The fourth-order valence-corrected chi connectivity index (χ4v) is 4.64. The predicted molar refractivity (Wildman–Crippen MR) is 124 cm³/mol. The minimum Gasteiger partial charge on any atom is -0.294 e. The maximum atomic E-state index is 13.3. The van der Waals surface area contributed by atoms with Crippen molar-refractivity contribution in [3.05, 3.63) is 88.2 Å². The third-order valence-electron chi connectivity index (χ3n) is 6.40. The van der Waals surface area contributed by atoms with Gasteiger partial charge in [-0.1, -0.05) is 12.1 Å². The summed E-state index contributed by atoms with van der Waals surface area (Å²) in [7, 11) is 1.76. The second-order valence-corrected chi connectivity index (χ2v) is 8.35. The van der Waals surface area contributed by atoms with E-state index in [-0.39, 0.29) is 11.5 Å². The second-order valence-electron chi connectivity index (χ2n) is 8.35. The van der Waals surface area contributed by atoms with E-state index < -0.39 is 0 Å². The maximum Gasteiger partial charge on any atom is 0.333 e. The Morgan fingerprint density at radius 1 is 0.875 bits per heavy atom. The average molecular weight is 420 g/mol. The highest BCUT2D eigenvalue weighted by molar-refractivity contribution is 6.05. The van der Waals surface area contributed by atoms with Gasteiger partial charge in [0.25, 0.3) is 0 Å². The number of rotatable bonds is 2. The summed E-state index contributed by atoms with van der Waals surface area (Å²) >= 11 is 0. The van der Waals surface area contributed by atoms with Crippen LogP contribution in [-0.2, 0) is 13.5 Å². The number of carbonyl (C=O) groups is 1. The first-order valence-corrected chi connectivity index (χ1v) is 10.6. The number of hydrogen-bond acceptors (Lipinski definition) is 4. The van der Waals surface area contributed by atoms with Gasteiger partial charge in [-0.15, -0.1) is 0 Å². The molecule has 3 heterocycles. The van der Waals surface area contributed by atoms with Crippen LogP contribution in [0.2, 0.25) is 0 Å². The van der Waals surface area contributed by atoms with E-state index in [1.165, 1.54) is 0 Å². The van der Waals surface area contributed by atoms with Gasteiger partial charge in [0, 0.05) is 41.9 Å². The molecule has 0 saturated heterocycles. The molecular weight excluding hydrogens is 400 g/mol. The summed E-state index contributed by atoms with van der Waals surface area (Å²) in [6, 6.07) is 15.8. The van der Waals surface area contributed by atoms with Crippen molar-refractivity contribution in [1.82, 2.24) is 19.1 Å². The van der Waals surface area contributed by atoms with Crippen LogP contribution in [0.15, 0.2) is 65.7 Å². The molecule has 0 bridgehead atoms. The van der Waals surface area contributed by atoms with Gasteiger partial charge >= 0.3 is 5.69 Å². The summed E-state index contributed by atoms with van der Waals surface area (Å²) in [5.74, 6) is 0.169. The molecule has 0 radical (unpaired) electrons. The number of ketones is 1. The number of pyridine rings is 2. The zero-order valence-electron chi connectivity index (χ0n) is 17.8. The molecule has 0 fully saturated rings. The lowest BCUT2D eigenvalue weighted by Gasteiger charge is -2.09. The third-order valence-corrected chi connectivity index (χ3v) is 6.40. The zero-order valence-corrected chi connectivity index (χ0v) is 17.8. The van der Waals surface area contributed by atoms with Crippen LogP contribution in [0.4, 0.5) is 0 Å². The normalized spacial score (nSPS) is 13.2. The maximum absolute atomic E-state index is 13.3. The second kappa shape index (κ2) is 6.72. The highest BCUT2D eigenvalue weighted by Gasteiger charge is 2.22. The van der Waals surface area contributed by atoms with Crippen molar-refractivity contribution in [3.63, 3.8) is 0 Å². The van der Waals surface area contributed by atoms with E-state index >= 15 is 0 Å². The van der Waals surface area contributed by atoms with Gasteiger partial charge in [-0.3, -0.25) is 23.9 Å². The van der Waals surface area contributed by atoms with Crippen molar-refractivity contribution < 1.29 is 4.79 Å². The van der Waals surface area contributed by atoms with E-state index in [1.807, 2.05) is 55.6 Å². The molecule has 0 N–H and O–H groups in total. The summed E-state index contributed by atoms with van der Waals surface area (Å²) in [5.41, 5.74) is 7.78. The van der Waals surface area contributed by atoms with E-state index in [4.69, 9.17) is 0 Å². The number of Topliss-reactive ketones (excluding diaryl/α,β-unsaturated/α-hetero) is 1. The molecule has 6 rings (SSSR count). The minimum absolute atomic E-state index is 0.138. The van der Waals surface area contributed by atoms with Gasteiger partial charge < -0.3 is 0 Å². The molecule has 6 nitrogen and oxygen atoms in total. The lowest BCUT2D eigenvalue weighted by atomic mass is 10.0. The van der Waals surface area contributed by atoms with E-state index in [0.717, 1.165) is 55.6 Å². The molecule has 1 aliphatic carbocycles. The Balaban J connectivity index is 1.66. The SMILES string of the molecule is Cc1ccc(-c2ccc3ncc4c(c3c2)n(-c2ccc3c(c2)CCC3=O)c(=O)n4C)cn1. The largest absolute Gasteiger partial charge is 0.333 e. The summed E-state index contributed by atoms with van der Waals surface area (Å²) in [6.45, 7) is 1.96. The van der Waals surface area contributed by atoms with Crippen molar-refractivity contribution in [2.75, 3.05) is 0 Å². The molecular formula is C26H20N4O2. The summed E-state index contributed by atoms with van der Waals surface area (Å²) in [4.78, 5) is 34.4. The summed E-state index contributed by atoms with van der Waals surface area (Å²) in [5, 5.41) is 0.898. The highest BCUT2D eigenvalue weighted by atomic mass is 16.1. The van der Waals surface area contributed by atoms with Crippen LogP contribution in [-0.4, -0.2) is 24.9 Å². The molecule has 32 heavy (non-hydrogen) atoms. The highest BCUT2D eigenvalue weighted by Crippen LogP contribution is 2.31. The molecule has 1 aliphatic rings. The molecule has 5 aromatic rings. The molecule has 2 aromatic carbocycles. The van der Waals surface area contributed by atoms with Crippen LogP contribution in [0.3, 0.4) is 0 Å². The Hall–Kier alpha value is -4.06. The lowest BCUT2D eigenvalue weighted by Crippen LogP contribution is -2.21. The molecule has 0 amide bonds. The number of nitrogens with zero attached hydrogens (tertiary/aromatic N) is 4. The van der Waals surface area contributed by atoms with Crippen molar-refractivity contribution in [1.29, 1.82) is 0 Å². The van der Waals surface area contributed by atoms with E-state index in [2.05, 4.69) is 16.0 Å². The number of hydrogen-bond donors (Lipinski definition) is 0. The number of fused-ring (bicyclic) bond motifs is 4. The van der Waals surface area contributed by atoms with Gasteiger partial charge in [0.1, 0.15) is 0 Å². The Bertz CT molecular complexity index is 1620. The Labute approximate surface area is 183 Å². The van der Waals surface area contributed by atoms with Crippen LogP contribution >= 0.6 is 0 Å². The van der Waals surface area contributed by atoms with Crippen molar-refractivity contribution in [3.8, 4) is 16.8 Å². The Morgan fingerprint density at radius 2 is 1.72 bits per heavy atom. The standard InChI is InChI=1S/C26H20N4O2/c1-15-3-4-18(13-27-15)16-5-9-22-21(12-16)25-23(14-28-22)29(2)26(32)30(25)19-7-8-20-17(11-19)6-10-24(20)31/h3-5,7-9,11-14H,6,10H2,1-2H3. The van der Waals surface area contributed by atoms with Crippen LogP contribution in [0.1, 0.15) is 28.0 Å². The van der Waals surface area contributed by atoms with E-state index in [0.29, 0.717) is 12.8 Å². The average Bonchev–Trinajstić information content (AvgIpc) is 3.31. The number of benzene rings is 2. The van der Waals surface area contributed by atoms with Gasteiger partial charge in [-0.25, -0.2) is 4.79 Å². The topological polar surface area (TPSA) is 69.8 Å². The Kier molecular flexibility index (Phi) is 3.92. The number of aromatic nitrogens is 4. The molecule has 0 spiro atoms. The Morgan fingerprint density at radius 3 is 2.53 bits per heavy atom. The fraction of sp³-hybridized carbons (Fsp3) is 0.154. The smallest absolute Gasteiger partial charge is 0.294 e. The molecule has 156 valence electrons. The van der Waals surface area contributed by atoms with Crippen molar-refractivity contribution in [2.24, 2.45) is 7.05 Å². The first-order valence-electron chi connectivity index (χ1n) is 10.6. The monoisotopic (exact) mass is 420 g/mol. The number of carbonyl (C=O) groups excluding carboxylic acids is 1. The molecule has 0 unspecified atom stereocenters. The van der Waals surface area contributed by atoms with Gasteiger partial charge in [0.15, 0.2) is 5.78 Å². The van der Waals surface area contributed by atoms with E-state index in [9.17, 15) is 9.59 Å². The van der Waals surface area contributed by atoms with Gasteiger partial charge in [0.05, 0.1) is 28.4 Å². The number of aryl methyl sites for hydroxylation is 3. The van der Waals surface area contributed by atoms with Gasteiger partial charge in [0.2, 0.25) is 0 Å². The quantitative estimate of drug-likeness (QED) is 0.425. The molecule has 0 aliphatic heterocycles. The predicted octanol–water partition coefficient (Wildman–Crippen LogP) is 4.38. The van der Waals surface area contributed by atoms with Crippen LogP contribution in [0.5, 0.6) is 0 Å². The first-order chi connectivity index (χ1) is 15.5. The molecule has 3 aromatic heterocycles. The molecule has 0 atom stereocenters. The molecule has 6 heteroatoms. The third kappa shape index (κ3) is 2.66. The van der Waals surface area contributed by atoms with Crippen molar-refractivity contribution in [2.45, 2.75) is 19.8 Å². The lowest BCUT2D eigenvalue weighted by molar-refractivity contribution is 0.0994. The number of imidazole rings is 1. The van der Waals surface area contributed by atoms with Gasteiger partial charge in [-0.05, 0) is 60.9 Å². The van der Waals surface area contributed by atoms with Crippen molar-refractivity contribution >= 4 is 27.7 Å². The van der Waals surface area contributed by atoms with Crippen LogP contribution < -0.4 is 5.69 Å². The van der Waals surface area contributed by atoms with Crippen LogP contribution in [0.25, 0.3) is 38.8 Å². The van der Waals surface area contributed by atoms with Crippen LogP contribution in [0, 0.1) is 6.92 Å².